The van der Waals surface area contributed by atoms with E-state index in [0.717, 1.165) is 46.2 Å². The van der Waals surface area contributed by atoms with Gasteiger partial charge < -0.3 is 66.4 Å². The quantitative estimate of drug-likeness (QED) is 0.0956. The van der Waals surface area contributed by atoms with Crippen LogP contribution in [0.2, 0.25) is 5.02 Å². The molecule has 0 aliphatic carbocycles. The van der Waals surface area contributed by atoms with E-state index in [4.69, 9.17) is 11.6 Å². The van der Waals surface area contributed by atoms with Gasteiger partial charge in [-0.25, -0.2) is 21.6 Å². The number of amides is 10. The number of sulfone groups is 2. The number of rotatable bonds is 14. The van der Waals surface area contributed by atoms with Crippen molar-refractivity contribution >= 4 is 108 Å². The van der Waals surface area contributed by atoms with E-state index in [0.29, 0.717) is 22.6 Å². The molecule has 0 aromatic heterocycles. The first-order valence-corrected chi connectivity index (χ1v) is 35.2. The van der Waals surface area contributed by atoms with Crippen molar-refractivity contribution in [1.82, 2.24) is 51.1 Å². The molecule has 0 bridgehead atoms. The number of aliphatic hydroxyl groups excluding tert-OH is 2. The Morgan fingerprint density at radius 3 is 1.84 bits per heavy atom. The number of carboxylic acid groups (broad SMARTS) is 1. The summed E-state index contributed by atoms with van der Waals surface area (Å²) in [6, 6.07) is 2.17. The Bertz CT molecular complexity index is 3360. The highest BCUT2D eigenvalue weighted by Gasteiger charge is 2.43. The fourth-order valence-electron chi connectivity index (χ4n) is 11.4. The molecule has 3 fully saturated rings. The van der Waals surface area contributed by atoms with Gasteiger partial charge >= 0.3 is 5.97 Å². The lowest BCUT2D eigenvalue weighted by Gasteiger charge is -2.36. The summed E-state index contributed by atoms with van der Waals surface area (Å²) in [6.07, 6.45) is -2.00. The average Bonchev–Trinajstić information content (AvgIpc) is 1.39. The standard InChI is InChI=1S/C61H85ClN10O20S2/c1-68-48(31-38-15-9-16-40(62)29-38)60(86)71-25-11-17-45(71)50(76)19-10-20-51(77)66-43(23-28-94(5,91)92)57(83)70(3)49(36-74)59(85)69(2)47(30-37-13-7-6-8-14-37)56(82)67-44(58(84)72-26-12-18-46(72)61(87)88)33-41(75)32-39(35-73)54(80)63-24-21-52(78)65-42(22-27-93(4,89)90)55(81)64-34-53(68)79/h6-9,13-16,29,39,42-49,73-74H,10-12,17-28,30-36H2,1-5H3,(H,63,80)(H,64,81)(H,65,78)(H,66,77)(H,67,82)(H,87,88)/t39-,42-,43-,44-,45-,46-,47-,48-,49-/m0/s1. The lowest BCUT2D eigenvalue weighted by atomic mass is 9.97. The van der Waals surface area contributed by atoms with Crippen LogP contribution in [0.3, 0.4) is 0 Å². The molecule has 0 saturated carbocycles. The zero-order valence-corrected chi connectivity index (χ0v) is 55.5. The van der Waals surface area contributed by atoms with Crippen molar-refractivity contribution in [1.29, 1.82) is 0 Å². The van der Waals surface area contributed by atoms with E-state index in [1.807, 2.05) is 0 Å². The number of nitrogens with one attached hydrogen (secondary N) is 5. The van der Waals surface area contributed by atoms with Crippen LogP contribution < -0.4 is 26.6 Å². The van der Waals surface area contributed by atoms with Crippen LogP contribution in [-0.4, -0.2) is 266 Å². The van der Waals surface area contributed by atoms with E-state index in [9.17, 15) is 94.5 Å². The van der Waals surface area contributed by atoms with Crippen LogP contribution in [0.4, 0.5) is 0 Å². The van der Waals surface area contributed by atoms with Crippen LogP contribution in [0.1, 0.15) is 88.2 Å². The van der Waals surface area contributed by atoms with Gasteiger partial charge in [-0.1, -0.05) is 54.1 Å². The Balaban J connectivity index is 1.52. The molecule has 2 aromatic rings. The Morgan fingerprint density at radius 1 is 0.606 bits per heavy atom. The third-order valence-corrected chi connectivity index (χ3v) is 18.9. The molecule has 3 aliphatic rings. The second-order valence-electron chi connectivity index (χ2n) is 23.9. The number of carbonyl (C=O) groups excluding carboxylic acids is 12. The monoisotopic (exact) mass is 1380 g/mol. The third kappa shape index (κ3) is 22.9. The van der Waals surface area contributed by atoms with Gasteiger partial charge in [0.1, 0.15) is 67.8 Å². The van der Waals surface area contributed by atoms with Crippen molar-refractivity contribution in [2.75, 3.05) is 84.6 Å². The van der Waals surface area contributed by atoms with Gasteiger partial charge in [0.2, 0.25) is 59.1 Å². The maximum atomic E-state index is 14.8. The second kappa shape index (κ2) is 35.5. The van der Waals surface area contributed by atoms with Gasteiger partial charge in [0.15, 0.2) is 5.78 Å². The Labute approximate surface area is 550 Å². The third-order valence-electron chi connectivity index (χ3n) is 16.7. The molecule has 0 spiro atoms. The molecular weight excluding hydrogens is 1290 g/mol. The summed E-state index contributed by atoms with van der Waals surface area (Å²) < 4.78 is 49.6. The van der Waals surface area contributed by atoms with Crippen molar-refractivity contribution in [2.45, 2.75) is 138 Å². The largest absolute Gasteiger partial charge is 0.480 e. The lowest BCUT2D eigenvalue weighted by molar-refractivity contribution is -0.151. The van der Waals surface area contributed by atoms with E-state index < -0.39 is 227 Å². The fourth-order valence-corrected chi connectivity index (χ4v) is 12.9. The summed E-state index contributed by atoms with van der Waals surface area (Å²) in [7, 11) is -4.06. The number of hydrogen-bond donors (Lipinski definition) is 8. The molecule has 8 N–H and O–H groups in total. The number of ketones is 2. The molecule has 33 heteroatoms. The van der Waals surface area contributed by atoms with E-state index in [1.165, 1.54) is 11.9 Å². The smallest absolute Gasteiger partial charge is 0.326 e. The van der Waals surface area contributed by atoms with Crippen LogP contribution in [0.15, 0.2) is 54.6 Å². The van der Waals surface area contributed by atoms with E-state index in [2.05, 4.69) is 26.6 Å². The van der Waals surface area contributed by atoms with Gasteiger partial charge in [-0.3, -0.25) is 57.5 Å². The molecule has 0 radical (unpaired) electrons. The molecule has 94 heavy (non-hydrogen) atoms. The highest BCUT2D eigenvalue weighted by Crippen LogP contribution is 2.26. The maximum absolute atomic E-state index is 14.8. The van der Waals surface area contributed by atoms with E-state index in [1.54, 1.807) is 54.6 Å². The highest BCUT2D eigenvalue weighted by atomic mass is 35.5. The Morgan fingerprint density at radius 2 is 1.21 bits per heavy atom. The van der Waals surface area contributed by atoms with Gasteiger partial charge in [0, 0.05) is 103 Å². The predicted molar refractivity (Wildman–Crippen MR) is 338 cm³/mol. The maximum Gasteiger partial charge on any atom is 0.326 e. The molecule has 5 rings (SSSR count). The number of carbonyl (C=O) groups is 13. The number of nitrogens with zero attached hydrogens (tertiary/aromatic N) is 5. The van der Waals surface area contributed by atoms with Crippen LogP contribution in [-0.2, 0) is 94.8 Å². The molecule has 3 saturated heterocycles. The van der Waals surface area contributed by atoms with Crippen LogP contribution >= 0.6 is 11.6 Å². The summed E-state index contributed by atoms with van der Waals surface area (Å²) in [5.74, 6) is -15.1. The number of likely N-dealkylation sites (N-methyl/N-ethyl adjacent to an activating group) is 3. The fraction of sp³-hybridized carbons (Fsp3) is 0.590. The zero-order valence-electron chi connectivity index (χ0n) is 53.2. The summed E-state index contributed by atoms with van der Waals surface area (Å²) in [4.78, 5) is 187. The van der Waals surface area contributed by atoms with E-state index in [-0.39, 0.29) is 58.0 Å². The van der Waals surface area contributed by atoms with Crippen molar-refractivity contribution in [2.24, 2.45) is 5.92 Å². The Kier molecular flexibility index (Phi) is 29.0. The number of aliphatic carboxylic acids is 1. The van der Waals surface area contributed by atoms with Gasteiger partial charge in [0.25, 0.3) is 0 Å². The molecule has 3 heterocycles. The molecule has 2 aromatic carbocycles. The van der Waals surface area contributed by atoms with Crippen LogP contribution in [0.25, 0.3) is 0 Å². The first kappa shape index (κ1) is 76.8. The number of likely N-dealkylation sites (tertiary alicyclic amines) is 1. The molecular formula is C61H85ClN10O20S2. The average molecular weight is 1380 g/mol. The number of hydrogen-bond acceptors (Lipinski definition) is 19. The molecule has 30 nitrogen and oxygen atoms in total. The summed E-state index contributed by atoms with van der Waals surface area (Å²) in [6.45, 7) is -3.38. The van der Waals surface area contributed by atoms with Crippen molar-refractivity contribution in [3.63, 3.8) is 0 Å². The molecule has 3 aliphatic heterocycles. The number of aliphatic hydroxyl groups is 2. The highest BCUT2D eigenvalue weighted by molar-refractivity contribution is 7.90. The summed E-state index contributed by atoms with van der Waals surface area (Å²) >= 11 is 6.31. The minimum atomic E-state index is -3.82. The molecule has 0 unspecified atom stereocenters. The number of Topliss-reactive ketones (excluding diaryl/α,β-unsaturated/α-hetero) is 2. The molecule has 518 valence electrons. The predicted octanol–water partition coefficient (Wildman–Crippen LogP) is -2.68. The topological polar surface area (TPSA) is 427 Å². The minimum Gasteiger partial charge on any atom is -0.480 e. The van der Waals surface area contributed by atoms with Gasteiger partial charge in [-0.05, 0) is 68.2 Å². The van der Waals surface area contributed by atoms with E-state index >= 15 is 0 Å². The number of fused-ring (bicyclic) bond motifs is 1. The van der Waals surface area contributed by atoms with Gasteiger partial charge in [-0.2, -0.15) is 0 Å². The molecule has 9 atom stereocenters. The normalized spacial score (nSPS) is 25.3. The summed E-state index contributed by atoms with van der Waals surface area (Å²) in [5.41, 5.74) is 0.944. The van der Waals surface area contributed by atoms with Crippen molar-refractivity contribution < 1.29 is 94.5 Å². The number of benzene rings is 2. The lowest BCUT2D eigenvalue weighted by Crippen LogP contribution is -2.60. The molecule has 10 amide bonds. The van der Waals surface area contributed by atoms with Crippen LogP contribution in [0.5, 0.6) is 0 Å². The number of halogens is 1. The van der Waals surface area contributed by atoms with Gasteiger partial charge in [-0.15, -0.1) is 0 Å². The zero-order chi connectivity index (χ0) is 69.8. The Hall–Kier alpha value is -7.94. The van der Waals surface area contributed by atoms with Crippen molar-refractivity contribution in [3.05, 3.63) is 70.7 Å². The second-order valence-corrected chi connectivity index (χ2v) is 28.9. The first-order chi connectivity index (χ1) is 44.2. The van der Waals surface area contributed by atoms with Crippen LogP contribution in [0, 0.1) is 5.92 Å². The number of carboxylic acids is 1. The van der Waals surface area contributed by atoms with Crippen molar-refractivity contribution in [3.8, 4) is 0 Å². The summed E-state index contributed by atoms with van der Waals surface area (Å²) in [5, 5.41) is 43.7. The SMILES string of the molecule is CN1C(=O)CNC(=O)[C@H](CCS(C)(=O)=O)NC(=O)CCNC(=O)[C@H](CO)CC(=O)C[C@@H](C(=O)N2CCC[C@H]2C(=O)O)NC(=O)[C@H](Cc2ccccc2)N(C)C(=O)[C@H](CO)N(C)C(=O)[C@H](CCS(C)(=O)=O)NC(=O)CCCC(=O)[C@@H]2CCCN2C(=O)[C@@H]1Cc1cccc(Cl)c1. The minimum absolute atomic E-state index is 0.00674. The first-order valence-electron chi connectivity index (χ1n) is 30.7. The van der Waals surface area contributed by atoms with Gasteiger partial charge in [0.05, 0.1) is 43.2 Å².